The minimum absolute atomic E-state index is 0.841. The Morgan fingerprint density at radius 2 is 1.25 bits per heavy atom. The van der Waals surface area contributed by atoms with E-state index in [9.17, 15) is 0 Å². The van der Waals surface area contributed by atoms with Crippen LogP contribution in [0.2, 0.25) is 5.02 Å². The predicted octanol–water partition coefficient (Wildman–Crippen LogP) is 7.53. The third-order valence-electron chi connectivity index (χ3n) is 4.54. The highest BCUT2D eigenvalue weighted by molar-refractivity contribution is 7.26. The molecule has 114 valence electrons. The molecule has 0 aliphatic heterocycles. The molecule has 0 saturated carbocycles. The lowest BCUT2D eigenvalue weighted by molar-refractivity contribution is 1.68. The second kappa shape index (κ2) is 5.34. The predicted molar refractivity (Wildman–Crippen MR) is 107 cm³/mol. The molecule has 0 N–H and O–H groups in total. The number of thiophene rings is 1. The molecule has 0 aliphatic rings. The van der Waals surface area contributed by atoms with Crippen LogP contribution in [0.3, 0.4) is 0 Å². The average Bonchev–Trinajstić information content (AvgIpc) is 3.03. The zero-order chi connectivity index (χ0) is 16.1. The topological polar surface area (TPSA) is 0 Å². The molecule has 0 fully saturated rings. The quantitative estimate of drug-likeness (QED) is 0.295. The molecular weight excluding hydrogens is 332 g/mol. The summed E-state index contributed by atoms with van der Waals surface area (Å²) < 4.78 is 2.62. The van der Waals surface area contributed by atoms with Gasteiger partial charge in [0.1, 0.15) is 0 Å². The van der Waals surface area contributed by atoms with E-state index in [0.717, 1.165) is 16.0 Å². The number of halogens is 1. The lowest BCUT2D eigenvalue weighted by atomic mass is 9.95. The van der Waals surface area contributed by atoms with Gasteiger partial charge in [0.25, 0.3) is 0 Å². The first-order valence-corrected chi connectivity index (χ1v) is 9.11. The minimum Gasteiger partial charge on any atom is -0.135 e. The Kier molecular flexibility index (Phi) is 3.12. The third kappa shape index (κ3) is 1.92. The molecule has 0 bridgehead atoms. The van der Waals surface area contributed by atoms with Gasteiger partial charge in [0.15, 0.2) is 0 Å². The van der Waals surface area contributed by atoms with Gasteiger partial charge in [-0.25, -0.2) is 0 Å². The Balaban J connectivity index is 2.11. The number of hydrogen-bond acceptors (Lipinski definition) is 1. The van der Waals surface area contributed by atoms with Gasteiger partial charge >= 0.3 is 0 Å². The van der Waals surface area contributed by atoms with Crippen molar-refractivity contribution in [2.24, 2.45) is 0 Å². The van der Waals surface area contributed by atoms with Crippen molar-refractivity contribution < 1.29 is 0 Å². The summed E-state index contributed by atoms with van der Waals surface area (Å²) in [5.41, 5.74) is 2.31. The molecule has 5 aromatic rings. The van der Waals surface area contributed by atoms with E-state index < -0.39 is 0 Å². The van der Waals surface area contributed by atoms with Crippen molar-refractivity contribution in [3.63, 3.8) is 0 Å². The number of rotatable bonds is 1. The molecule has 0 amide bonds. The maximum absolute atomic E-state index is 6.92. The van der Waals surface area contributed by atoms with E-state index in [0.29, 0.717) is 0 Å². The van der Waals surface area contributed by atoms with Crippen LogP contribution in [-0.2, 0) is 0 Å². The molecule has 1 heterocycles. The highest BCUT2D eigenvalue weighted by atomic mass is 35.5. The van der Waals surface area contributed by atoms with E-state index in [-0.39, 0.29) is 0 Å². The molecule has 0 radical (unpaired) electrons. The second-order valence-corrected chi connectivity index (χ2v) is 7.33. The fourth-order valence-corrected chi connectivity index (χ4v) is 5.09. The standard InChI is InChI=1S/C22H13ClS/c23-21-15-10-4-5-11-16(15)22-20(17-12-6-7-13-18(17)24-22)19(21)14-8-2-1-3-9-14/h1-13H. The van der Waals surface area contributed by atoms with Crippen molar-refractivity contribution >= 4 is 53.9 Å². The van der Waals surface area contributed by atoms with Gasteiger partial charge in [-0.15, -0.1) is 11.3 Å². The Labute approximate surface area is 148 Å². The van der Waals surface area contributed by atoms with Gasteiger partial charge in [-0.05, 0) is 11.6 Å². The molecule has 4 aromatic carbocycles. The van der Waals surface area contributed by atoms with Crippen molar-refractivity contribution in [2.75, 3.05) is 0 Å². The lowest BCUT2D eigenvalue weighted by Gasteiger charge is -2.11. The van der Waals surface area contributed by atoms with Gasteiger partial charge in [0, 0.05) is 36.5 Å². The number of benzene rings is 4. The first-order chi connectivity index (χ1) is 11.8. The van der Waals surface area contributed by atoms with E-state index in [1.165, 1.54) is 31.1 Å². The normalized spacial score (nSPS) is 11.5. The summed E-state index contributed by atoms with van der Waals surface area (Å²) in [6.45, 7) is 0. The molecular formula is C22H13ClS. The summed E-state index contributed by atoms with van der Waals surface area (Å²) in [4.78, 5) is 0. The summed E-state index contributed by atoms with van der Waals surface area (Å²) in [5.74, 6) is 0. The Morgan fingerprint density at radius 3 is 2.04 bits per heavy atom. The van der Waals surface area contributed by atoms with Crippen molar-refractivity contribution in [1.82, 2.24) is 0 Å². The van der Waals surface area contributed by atoms with Crippen LogP contribution in [-0.4, -0.2) is 0 Å². The summed E-state index contributed by atoms with van der Waals surface area (Å²) >= 11 is 8.77. The van der Waals surface area contributed by atoms with Gasteiger partial charge in [0.05, 0.1) is 5.02 Å². The van der Waals surface area contributed by atoms with Gasteiger partial charge in [-0.3, -0.25) is 0 Å². The van der Waals surface area contributed by atoms with Crippen LogP contribution in [0.4, 0.5) is 0 Å². The largest absolute Gasteiger partial charge is 0.135 e. The fourth-order valence-electron chi connectivity index (χ4n) is 3.48. The average molecular weight is 345 g/mol. The third-order valence-corrected chi connectivity index (χ3v) is 6.13. The van der Waals surface area contributed by atoms with Gasteiger partial charge in [0.2, 0.25) is 0 Å². The van der Waals surface area contributed by atoms with Crippen LogP contribution in [0.1, 0.15) is 0 Å². The van der Waals surface area contributed by atoms with Gasteiger partial charge in [-0.1, -0.05) is 84.4 Å². The fraction of sp³-hybridized carbons (Fsp3) is 0. The molecule has 0 spiro atoms. The summed E-state index contributed by atoms with van der Waals surface area (Å²) in [7, 11) is 0. The van der Waals surface area contributed by atoms with Crippen LogP contribution in [0.25, 0.3) is 42.1 Å². The van der Waals surface area contributed by atoms with Crippen LogP contribution >= 0.6 is 22.9 Å². The van der Waals surface area contributed by atoms with E-state index >= 15 is 0 Å². The zero-order valence-electron chi connectivity index (χ0n) is 12.8. The molecule has 0 atom stereocenters. The van der Waals surface area contributed by atoms with Crippen LogP contribution < -0.4 is 0 Å². The smallest absolute Gasteiger partial charge is 0.0570 e. The van der Waals surface area contributed by atoms with Gasteiger partial charge in [-0.2, -0.15) is 0 Å². The van der Waals surface area contributed by atoms with Crippen molar-refractivity contribution in [2.45, 2.75) is 0 Å². The van der Waals surface area contributed by atoms with Gasteiger partial charge < -0.3 is 0 Å². The van der Waals surface area contributed by atoms with E-state index in [4.69, 9.17) is 11.6 Å². The maximum Gasteiger partial charge on any atom is 0.0570 e. The summed E-state index contributed by atoms with van der Waals surface area (Å²) in [6, 6.07) is 27.5. The van der Waals surface area contributed by atoms with E-state index in [1.807, 2.05) is 17.4 Å². The molecule has 0 unspecified atom stereocenters. The highest BCUT2D eigenvalue weighted by Gasteiger charge is 2.18. The first-order valence-electron chi connectivity index (χ1n) is 7.91. The highest BCUT2D eigenvalue weighted by Crippen LogP contribution is 2.48. The Bertz CT molecular complexity index is 1200. The lowest BCUT2D eigenvalue weighted by Crippen LogP contribution is -1.84. The molecule has 24 heavy (non-hydrogen) atoms. The number of hydrogen-bond donors (Lipinski definition) is 0. The summed E-state index contributed by atoms with van der Waals surface area (Å²) in [6.07, 6.45) is 0. The second-order valence-electron chi connectivity index (χ2n) is 5.90. The van der Waals surface area contributed by atoms with Crippen molar-refractivity contribution in [1.29, 1.82) is 0 Å². The molecule has 1 aromatic heterocycles. The maximum atomic E-state index is 6.92. The molecule has 5 rings (SSSR count). The van der Waals surface area contributed by atoms with Crippen molar-refractivity contribution in [3.8, 4) is 11.1 Å². The molecule has 2 heteroatoms. The zero-order valence-corrected chi connectivity index (χ0v) is 14.4. The van der Waals surface area contributed by atoms with E-state index in [2.05, 4.69) is 72.8 Å². The monoisotopic (exact) mass is 344 g/mol. The molecule has 0 saturated heterocycles. The van der Waals surface area contributed by atoms with Crippen LogP contribution in [0, 0.1) is 0 Å². The minimum atomic E-state index is 0.841. The SMILES string of the molecule is Clc1c(-c2ccccc2)c2c3ccccc3sc2c2ccccc12. The Morgan fingerprint density at radius 1 is 0.625 bits per heavy atom. The Hall–Kier alpha value is -2.35. The van der Waals surface area contributed by atoms with E-state index in [1.54, 1.807) is 0 Å². The van der Waals surface area contributed by atoms with Crippen LogP contribution in [0.15, 0.2) is 78.9 Å². The van der Waals surface area contributed by atoms with Crippen LogP contribution in [0.5, 0.6) is 0 Å². The molecule has 0 aliphatic carbocycles. The van der Waals surface area contributed by atoms with Crippen molar-refractivity contribution in [3.05, 3.63) is 83.9 Å². The number of fused-ring (bicyclic) bond motifs is 5. The first kappa shape index (κ1) is 14.0. The summed E-state index contributed by atoms with van der Waals surface area (Å²) in [5, 5.41) is 5.75. The molecule has 0 nitrogen and oxygen atoms in total.